The Morgan fingerprint density at radius 1 is 1.24 bits per heavy atom. The highest BCUT2D eigenvalue weighted by atomic mass is 19.4. The van der Waals surface area contributed by atoms with Crippen molar-refractivity contribution in [2.75, 3.05) is 0 Å². The first-order chi connectivity index (χ1) is 9.70. The van der Waals surface area contributed by atoms with E-state index in [-0.39, 0.29) is 5.56 Å². The summed E-state index contributed by atoms with van der Waals surface area (Å²) in [4.78, 5) is 22.2. The maximum Gasteiger partial charge on any atom is 0.471 e. The average molecular weight is 309 g/mol. The summed E-state index contributed by atoms with van der Waals surface area (Å²) < 4.78 is 62.6. The fourth-order valence-electron chi connectivity index (χ4n) is 1.93. The molecule has 2 rings (SSSR count). The molecule has 1 aliphatic carbocycles. The normalized spacial score (nSPS) is 16.9. The summed E-state index contributed by atoms with van der Waals surface area (Å²) in [7, 11) is 0. The van der Waals surface area contributed by atoms with Crippen LogP contribution < -0.4 is 5.32 Å². The van der Waals surface area contributed by atoms with Crippen molar-refractivity contribution >= 4 is 11.7 Å². The molecule has 0 radical (unpaired) electrons. The Bertz CT molecular complexity index is 568. The van der Waals surface area contributed by atoms with Gasteiger partial charge in [-0.05, 0) is 11.6 Å². The summed E-state index contributed by atoms with van der Waals surface area (Å²) >= 11 is 0. The molecule has 0 fully saturated rings. The third-order valence-corrected chi connectivity index (χ3v) is 2.69. The number of benzene rings is 1. The summed E-state index contributed by atoms with van der Waals surface area (Å²) in [5.41, 5.74) is -0.756. The molecule has 21 heavy (non-hydrogen) atoms. The van der Waals surface area contributed by atoms with Gasteiger partial charge in [0.25, 0.3) is 0 Å². The minimum atomic E-state index is -5.13. The summed E-state index contributed by atoms with van der Waals surface area (Å²) in [6.07, 6.45) is -5.66. The first-order valence-electron chi connectivity index (χ1n) is 6.10. The minimum absolute atomic E-state index is 0.278. The van der Waals surface area contributed by atoms with Crippen LogP contribution in [0.3, 0.4) is 0 Å². The van der Waals surface area contributed by atoms with Gasteiger partial charge in [0.05, 0.1) is 11.6 Å². The Labute approximate surface area is 117 Å². The lowest BCUT2D eigenvalue weighted by atomic mass is 10.1. The predicted molar refractivity (Wildman–Crippen MR) is 63.6 cm³/mol. The van der Waals surface area contributed by atoms with Crippen molar-refractivity contribution in [2.24, 2.45) is 0 Å². The molecule has 1 aromatic rings. The van der Waals surface area contributed by atoms with E-state index in [0.29, 0.717) is 6.07 Å². The average Bonchev–Trinajstić information content (AvgIpc) is 2.67. The van der Waals surface area contributed by atoms with Gasteiger partial charge in [0.2, 0.25) is 0 Å². The number of carbonyl (C=O) groups excluding carboxylic acids is 2. The van der Waals surface area contributed by atoms with Crippen LogP contribution in [0.2, 0.25) is 0 Å². The van der Waals surface area contributed by atoms with Gasteiger partial charge in [-0.2, -0.15) is 13.2 Å². The number of fused-ring (bicyclic) bond motifs is 1. The maximum atomic E-state index is 13.4. The third-order valence-electron chi connectivity index (χ3n) is 2.69. The van der Waals surface area contributed by atoms with Crippen LogP contribution in [0.1, 0.15) is 42.2 Å². The molecule has 1 unspecified atom stereocenters. The topological polar surface area (TPSA) is 46.2 Å². The molecular weight excluding hydrogens is 297 g/mol. The van der Waals surface area contributed by atoms with Crippen molar-refractivity contribution in [3.05, 3.63) is 34.9 Å². The molecule has 1 aliphatic rings. The Morgan fingerprint density at radius 2 is 1.81 bits per heavy atom. The van der Waals surface area contributed by atoms with E-state index in [1.165, 1.54) is 0 Å². The predicted octanol–water partition coefficient (Wildman–Crippen LogP) is 3.30. The zero-order chi connectivity index (χ0) is 16.4. The van der Waals surface area contributed by atoms with Crippen LogP contribution in [-0.4, -0.2) is 17.9 Å². The van der Waals surface area contributed by atoms with Gasteiger partial charge < -0.3 is 5.32 Å². The third kappa shape index (κ3) is 3.56. The van der Waals surface area contributed by atoms with Gasteiger partial charge in [0.15, 0.2) is 5.78 Å². The molecule has 3 nitrogen and oxygen atoms in total. The zero-order valence-corrected chi connectivity index (χ0v) is 11.1. The maximum absolute atomic E-state index is 13.4. The summed E-state index contributed by atoms with van der Waals surface area (Å²) in [5.74, 6) is -5.22. The van der Waals surface area contributed by atoms with Crippen molar-refractivity contribution in [1.29, 1.82) is 0 Å². The molecule has 8 heteroatoms. The number of rotatable bonds is 1. The fraction of sp³-hybridized carbons (Fsp3) is 0.385. The fourth-order valence-corrected chi connectivity index (χ4v) is 1.93. The summed E-state index contributed by atoms with van der Waals surface area (Å²) in [5, 5.41) is 1.54. The number of nitrogens with one attached hydrogen (secondary N) is 1. The van der Waals surface area contributed by atoms with Crippen molar-refractivity contribution in [1.82, 2.24) is 5.32 Å². The molecule has 1 atom stereocenters. The molecule has 1 aromatic carbocycles. The van der Waals surface area contributed by atoms with Crippen molar-refractivity contribution in [3.63, 3.8) is 0 Å². The first-order valence-corrected chi connectivity index (χ1v) is 6.10. The van der Waals surface area contributed by atoms with Crippen LogP contribution >= 0.6 is 0 Å². The molecule has 1 amide bonds. The molecule has 1 N–H and O–H groups in total. The molecule has 0 aliphatic heterocycles. The minimum Gasteiger partial charge on any atom is -0.341 e. The van der Waals surface area contributed by atoms with Gasteiger partial charge in [-0.3, -0.25) is 9.59 Å². The second-order valence-electron chi connectivity index (χ2n) is 4.00. The Hall–Kier alpha value is -1.99. The van der Waals surface area contributed by atoms with E-state index in [0.717, 1.165) is 6.07 Å². The first kappa shape index (κ1) is 17.1. The van der Waals surface area contributed by atoms with E-state index >= 15 is 0 Å². The lowest BCUT2D eigenvalue weighted by molar-refractivity contribution is -0.174. The van der Waals surface area contributed by atoms with E-state index in [4.69, 9.17) is 0 Å². The van der Waals surface area contributed by atoms with E-state index in [1.54, 1.807) is 5.32 Å². The lowest BCUT2D eigenvalue weighted by Crippen LogP contribution is -2.38. The van der Waals surface area contributed by atoms with E-state index in [2.05, 4.69) is 0 Å². The molecule has 0 spiro atoms. The van der Waals surface area contributed by atoms with Crippen molar-refractivity contribution in [3.8, 4) is 0 Å². The van der Waals surface area contributed by atoms with E-state index < -0.39 is 47.5 Å². The molecule has 0 heterocycles. The standard InChI is InChI=1S/C11H6F5NO2.C2H6/c12-4-1-5-7(17-10(19)11(14,15)16)3-8(18)9(5)6(13)2-4;1-2/h1-2,7H,3H2,(H,17,19);1-2H3. The SMILES string of the molecule is CC.O=C1CC(NC(=O)C(F)(F)F)c2cc(F)cc(F)c21. The van der Waals surface area contributed by atoms with Crippen LogP contribution in [0.4, 0.5) is 22.0 Å². The molecule has 0 aromatic heterocycles. The zero-order valence-electron chi connectivity index (χ0n) is 11.1. The smallest absolute Gasteiger partial charge is 0.341 e. The summed E-state index contributed by atoms with van der Waals surface area (Å²) in [6.45, 7) is 4.00. The number of alkyl halides is 3. The van der Waals surface area contributed by atoms with E-state index in [9.17, 15) is 31.5 Å². The van der Waals surface area contributed by atoms with Crippen LogP contribution in [-0.2, 0) is 4.79 Å². The quantitative estimate of drug-likeness (QED) is 0.809. The Kier molecular flexibility index (Phi) is 5.03. The number of Topliss-reactive ketones (excluding diaryl/α,β-unsaturated/α-hetero) is 1. The van der Waals surface area contributed by atoms with Gasteiger partial charge in [-0.1, -0.05) is 13.8 Å². The van der Waals surface area contributed by atoms with Crippen molar-refractivity contribution in [2.45, 2.75) is 32.5 Å². The van der Waals surface area contributed by atoms with Gasteiger partial charge in [0, 0.05) is 12.5 Å². The largest absolute Gasteiger partial charge is 0.471 e. The highest BCUT2D eigenvalue weighted by molar-refractivity contribution is 6.02. The van der Waals surface area contributed by atoms with Crippen LogP contribution in [0.15, 0.2) is 12.1 Å². The van der Waals surface area contributed by atoms with E-state index in [1.807, 2.05) is 13.8 Å². The van der Waals surface area contributed by atoms with Crippen molar-refractivity contribution < 1.29 is 31.5 Å². The van der Waals surface area contributed by atoms with Gasteiger partial charge >= 0.3 is 12.1 Å². The monoisotopic (exact) mass is 309 g/mol. The number of hydrogen-bond donors (Lipinski definition) is 1. The lowest BCUT2D eigenvalue weighted by Gasteiger charge is -2.14. The van der Waals surface area contributed by atoms with Gasteiger partial charge in [-0.15, -0.1) is 0 Å². The highest BCUT2D eigenvalue weighted by Crippen LogP contribution is 2.34. The molecule has 116 valence electrons. The number of amides is 1. The number of carbonyl (C=O) groups is 2. The van der Waals surface area contributed by atoms with Gasteiger partial charge in [-0.25, -0.2) is 8.78 Å². The number of ketones is 1. The van der Waals surface area contributed by atoms with Crippen LogP contribution in [0.5, 0.6) is 0 Å². The highest BCUT2D eigenvalue weighted by Gasteiger charge is 2.42. The second-order valence-corrected chi connectivity index (χ2v) is 4.00. The molecule has 0 bridgehead atoms. The molecule has 0 saturated carbocycles. The Balaban J connectivity index is 0.00000106. The molecule has 0 saturated heterocycles. The number of hydrogen-bond acceptors (Lipinski definition) is 2. The Morgan fingerprint density at radius 3 is 2.33 bits per heavy atom. The van der Waals surface area contributed by atoms with Crippen LogP contribution in [0.25, 0.3) is 0 Å². The summed E-state index contributed by atoms with van der Waals surface area (Å²) in [6, 6.07) is -0.170. The number of halogens is 5. The second kappa shape index (κ2) is 6.19. The molecular formula is C13H12F5NO2. The van der Waals surface area contributed by atoms with Crippen LogP contribution in [0, 0.1) is 11.6 Å². The van der Waals surface area contributed by atoms with Gasteiger partial charge in [0.1, 0.15) is 11.6 Å².